The van der Waals surface area contributed by atoms with Crippen molar-refractivity contribution in [3.05, 3.63) is 56.7 Å². The summed E-state index contributed by atoms with van der Waals surface area (Å²) in [6, 6.07) is 9.03. The third kappa shape index (κ3) is 5.59. The Bertz CT molecular complexity index is 815. The van der Waals surface area contributed by atoms with Gasteiger partial charge in [-0.25, -0.2) is 4.39 Å². The zero-order valence-electron chi connectivity index (χ0n) is 13.6. The quantitative estimate of drug-likeness (QED) is 0.691. The molecular formula is C17H14BrCl2FN2O3. The molecule has 0 aliphatic carbocycles. The first kappa shape index (κ1) is 20.5. The molecule has 0 heterocycles. The van der Waals surface area contributed by atoms with Crippen molar-refractivity contribution in [1.82, 2.24) is 4.90 Å². The largest absolute Gasteiger partial charge is 0.481 e. The Kier molecular flexibility index (Phi) is 7.25. The van der Waals surface area contributed by atoms with Crippen LogP contribution in [0.5, 0.6) is 5.75 Å². The SMILES string of the molecule is CN(CC(=O)Nc1c(Cl)cccc1Cl)C(=O)COc1ccc(Br)cc1F. The monoisotopic (exact) mass is 462 g/mol. The average Bonchev–Trinajstić information content (AvgIpc) is 2.57. The highest BCUT2D eigenvalue weighted by molar-refractivity contribution is 9.10. The number of nitrogens with one attached hydrogen (secondary N) is 1. The summed E-state index contributed by atoms with van der Waals surface area (Å²) in [6.45, 7) is -0.651. The summed E-state index contributed by atoms with van der Waals surface area (Å²) < 4.78 is 19.4. The summed E-state index contributed by atoms with van der Waals surface area (Å²) in [7, 11) is 1.43. The molecule has 2 amide bonds. The van der Waals surface area contributed by atoms with Gasteiger partial charge in [-0.05, 0) is 30.3 Å². The molecule has 5 nitrogen and oxygen atoms in total. The smallest absolute Gasteiger partial charge is 0.260 e. The van der Waals surface area contributed by atoms with Crippen molar-refractivity contribution < 1.29 is 18.7 Å². The Morgan fingerprint density at radius 1 is 1.23 bits per heavy atom. The first-order valence-electron chi connectivity index (χ1n) is 7.33. The van der Waals surface area contributed by atoms with Gasteiger partial charge in [0.05, 0.1) is 22.3 Å². The van der Waals surface area contributed by atoms with Crippen LogP contribution in [0.15, 0.2) is 40.9 Å². The number of ether oxygens (including phenoxy) is 1. The topological polar surface area (TPSA) is 58.6 Å². The number of para-hydroxylation sites is 1. The number of rotatable bonds is 6. The van der Waals surface area contributed by atoms with Gasteiger partial charge in [0.2, 0.25) is 5.91 Å². The maximum absolute atomic E-state index is 13.7. The van der Waals surface area contributed by atoms with Crippen molar-refractivity contribution in [2.75, 3.05) is 25.5 Å². The minimum absolute atomic E-state index is 0.0535. The van der Waals surface area contributed by atoms with E-state index in [2.05, 4.69) is 21.2 Å². The van der Waals surface area contributed by atoms with Crippen LogP contribution in [0.1, 0.15) is 0 Å². The molecule has 138 valence electrons. The number of amides is 2. The van der Waals surface area contributed by atoms with Crippen LogP contribution in [0.4, 0.5) is 10.1 Å². The van der Waals surface area contributed by atoms with Gasteiger partial charge in [0, 0.05) is 11.5 Å². The molecule has 0 bridgehead atoms. The van der Waals surface area contributed by atoms with Gasteiger partial charge in [-0.3, -0.25) is 9.59 Å². The maximum Gasteiger partial charge on any atom is 0.260 e. The van der Waals surface area contributed by atoms with Crippen LogP contribution in [-0.2, 0) is 9.59 Å². The fourth-order valence-corrected chi connectivity index (χ4v) is 2.77. The molecule has 0 atom stereocenters. The predicted octanol–water partition coefficient (Wildman–Crippen LogP) is 4.37. The molecule has 0 radical (unpaired) electrons. The lowest BCUT2D eigenvalue weighted by Gasteiger charge is -2.18. The van der Waals surface area contributed by atoms with E-state index in [0.717, 1.165) is 4.90 Å². The van der Waals surface area contributed by atoms with Crippen molar-refractivity contribution in [1.29, 1.82) is 0 Å². The highest BCUT2D eigenvalue weighted by atomic mass is 79.9. The molecule has 0 spiro atoms. The molecule has 0 aliphatic heterocycles. The molecule has 0 saturated carbocycles. The van der Waals surface area contributed by atoms with Gasteiger partial charge >= 0.3 is 0 Å². The first-order chi connectivity index (χ1) is 12.3. The second kappa shape index (κ2) is 9.21. The second-order valence-corrected chi connectivity index (χ2v) is 6.99. The molecule has 1 N–H and O–H groups in total. The van der Waals surface area contributed by atoms with Crippen molar-refractivity contribution in [2.24, 2.45) is 0 Å². The van der Waals surface area contributed by atoms with Crippen LogP contribution in [0.25, 0.3) is 0 Å². The number of halogens is 4. The normalized spacial score (nSPS) is 10.3. The molecule has 0 aromatic heterocycles. The number of hydrogen-bond donors (Lipinski definition) is 1. The van der Waals surface area contributed by atoms with Gasteiger partial charge in [0.15, 0.2) is 18.2 Å². The lowest BCUT2D eigenvalue weighted by Crippen LogP contribution is -2.37. The molecule has 0 unspecified atom stereocenters. The van der Waals surface area contributed by atoms with E-state index in [9.17, 15) is 14.0 Å². The van der Waals surface area contributed by atoms with Crippen LogP contribution in [0.2, 0.25) is 10.0 Å². The van der Waals surface area contributed by atoms with Crippen LogP contribution in [-0.4, -0.2) is 36.9 Å². The van der Waals surface area contributed by atoms with Crippen molar-refractivity contribution >= 4 is 56.6 Å². The van der Waals surface area contributed by atoms with E-state index in [1.165, 1.54) is 19.2 Å². The molecule has 0 aliphatic rings. The number of carbonyl (C=O) groups excluding carboxylic acids is 2. The van der Waals surface area contributed by atoms with E-state index >= 15 is 0 Å². The summed E-state index contributed by atoms with van der Waals surface area (Å²) >= 11 is 15.1. The second-order valence-electron chi connectivity index (χ2n) is 5.26. The van der Waals surface area contributed by atoms with Crippen molar-refractivity contribution in [3.63, 3.8) is 0 Å². The zero-order chi connectivity index (χ0) is 19.3. The minimum atomic E-state index is -0.596. The van der Waals surface area contributed by atoms with Gasteiger partial charge in [-0.15, -0.1) is 0 Å². The highest BCUT2D eigenvalue weighted by Crippen LogP contribution is 2.29. The van der Waals surface area contributed by atoms with E-state index in [1.54, 1.807) is 24.3 Å². The molecule has 0 fully saturated rings. The minimum Gasteiger partial charge on any atom is -0.481 e. The summed E-state index contributed by atoms with van der Waals surface area (Å²) in [5.41, 5.74) is 0.273. The van der Waals surface area contributed by atoms with Gasteiger partial charge in [-0.1, -0.05) is 45.2 Å². The Balaban J connectivity index is 1.89. The Morgan fingerprint density at radius 3 is 2.50 bits per heavy atom. The third-order valence-corrected chi connectivity index (χ3v) is 4.40. The molecule has 26 heavy (non-hydrogen) atoms. The lowest BCUT2D eigenvalue weighted by atomic mass is 10.3. The zero-order valence-corrected chi connectivity index (χ0v) is 16.7. The van der Waals surface area contributed by atoms with Gasteiger partial charge < -0.3 is 15.0 Å². The van der Waals surface area contributed by atoms with Crippen LogP contribution >= 0.6 is 39.1 Å². The number of anilines is 1. The van der Waals surface area contributed by atoms with E-state index < -0.39 is 24.2 Å². The predicted molar refractivity (Wildman–Crippen MR) is 102 cm³/mol. The Morgan fingerprint density at radius 2 is 1.88 bits per heavy atom. The summed E-state index contributed by atoms with van der Waals surface area (Å²) in [5.74, 6) is -1.62. The van der Waals surface area contributed by atoms with E-state index in [0.29, 0.717) is 4.47 Å². The lowest BCUT2D eigenvalue weighted by molar-refractivity contribution is -0.135. The van der Waals surface area contributed by atoms with Crippen LogP contribution in [0, 0.1) is 5.82 Å². The number of nitrogens with zero attached hydrogens (tertiary/aromatic N) is 1. The van der Waals surface area contributed by atoms with Crippen molar-refractivity contribution in [2.45, 2.75) is 0 Å². The number of hydrogen-bond acceptors (Lipinski definition) is 3. The van der Waals surface area contributed by atoms with Crippen molar-refractivity contribution in [3.8, 4) is 5.75 Å². The van der Waals surface area contributed by atoms with E-state index in [1.807, 2.05) is 0 Å². The number of carbonyl (C=O) groups is 2. The number of benzene rings is 2. The molecule has 2 aromatic carbocycles. The van der Waals surface area contributed by atoms with Gasteiger partial charge in [0.25, 0.3) is 5.91 Å². The van der Waals surface area contributed by atoms with E-state index in [4.69, 9.17) is 27.9 Å². The average molecular weight is 464 g/mol. The Labute approximate surface area is 168 Å². The third-order valence-electron chi connectivity index (χ3n) is 3.28. The standard InChI is InChI=1S/C17H14BrCl2FN2O3/c1-23(8-15(24)22-17-11(19)3-2-4-12(17)20)16(25)9-26-14-6-5-10(18)7-13(14)21/h2-7H,8-9H2,1H3,(H,22,24). The molecule has 0 saturated heterocycles. The maximum atomic E-state index is 13.7. The summed E-state index contributed by atoms with van der Waals surface area (Å²) in [5, 5.41) is 3.12. The molecule has 9 heteroatoms. The number of likely N-dealkylation sites (N-methyl/N-ethyl adjacent to an activating group) is 1. The van der Waals surface area contributed by atoms with Crippen LogP contribution < -0.4 is 10.1 Å². The van der Waals surface area contributed by atoms with Gasteiger partial charge in [-0.2, -0.15) is 0 Å². The first-order valence-corrected chi connectivity index (χ1v) is 8.88. The van der Waals surface area contributed by atoms with Gasteiger partial charge in [0.1, 0.15) is 0 Å². The van der Waals surface area contributed by atoms with Crippen LogP contribution in [0.3, 0.4) is 0 Å². The molecule has 2 aromatic rings. The fourth-order valence-electron chi connectivity index (χ4n) is 1.94. The summed E-state index contributed by atoms with van der Waals surface area (Å²) in [6.07, 6.45) is 0. The fraction of sp³-hybridized carbons (Fsp3) is 0.176. The summed E-state index contributed by atoms with van der Waals surface area (Å²) in [4.78, 5) is 25.3. The molecular weight excluding hydrogens is 450 g/mol. The highest BCUT2D eigenvalue weighted by Gasteiger charge is 2.16. The molecule has 2 rings (SSSR count). The Hall–Kier alpha value is -1.83. The van der Waals surface area contributed by atoms with E-state index in [-0.39, 0.29) is 28.0 Å².